The molecule has 0 aliphatic rings. The summed E-state index contributed by atoms with van der Waals surface area (Å²) in [5.41, 5.74) is 1.52. The molecule has 0 fully saturated rings. The summed E-state index contributed by atoms with van der Waals surface area (Å²) in [6.07, 6.45) is 0. The van der Waals surface area contributed by atoms with Crippen molar-refractivity contribution >= 4 is 5.69 Å². The first-order chi connectivity index (χ1) is 9.63. The number of benzene rings is 1. The molecule has 1 rings (SSSR count). The van der Waals surface area contributed by atoms with Gasteiger partial charge in [0.25, 0.3) is 0 Å². The highest BCUT2D eigenvalue weighted by molar-refractivity contribution is 5.50. The molecule has 0 radical (unpaired) electrons. The van der Waals surface area contributed by atoms with Crippen LogP contribution in [-0.2, 0) is 16.0 Å². The summed E-state index contributed by atoms with van der Waals surface area (Å²) in [4.78, 5) is 1.98. The summed E-state index contributed by atoms with van der Waals surface area (Å²) in [6, 6.07) is 5.42. The van der Waals surface area contributed by atoms with Gasteiger partial charge in [0.2, 0.25) is 0 Å². The second-order valence-electron chi connectivity index (χ2n) is 4.81. The summed E-state index contributed by atoms with van der Waals surface area (Å²) >= 11 is 0. The number of nitrogens with zero attached hydrogens (tertiary/aromatic N) is 1. The van der Waals surface area contributed by atoms with Crippen LogP contribution in [0.3, 0.4) is 0 Å². The minimum Gasteiger partial charge on any atom is -0.383 e. The van der Waals surface area contributed by atoms with Crippen molar-refractivity contribution in [2.45, 2.75) is 19.5 Å². The van der Waals surface area contributed by atoms with Crippen LogP contribution in [0.2, 0.25) is 0 Å². The molecule has 0 aromatic heterocycles. The van der Waals surface area contributed by atoms with Gasteiger partial charge in [-0.2, -0.15) is 0 Å². The summed E-state index contributed by atoms with van der Waals surface area (Å²) < 4.78 is 24.6. The molecule has 0 bridgehead atoms. The van der Waals surface area contributed by atoms with Gasteiger partial charge in [-0.1, -0.05) is 6.07 Å². The van der Waals surface area contributed by atoms with Gasteiger partial charge in [0.15, 0.2) is 0 Å². The van der Waals surface area contributed by atoms with Crippen molar-refractivity contribution in [3.63, 3.8) is 0 Å². The molecule has 0 heterocycles. The average Bonchev–Trinajstić information content (AvgIpc) is 2.42. The number of rotatable bonds is 9. The number of halogens is 1. The topological polar surface area (TPSA) is 33.7 Å². The number of anilines is 1. The lowest BCUT2D eigenvalue weighted by Gasteiger charge is -2.31. The van der Waals surface area contributed by atoms with Gasteiger partial charge in [-0.25, -0.2) is 4.39 Å². The Hall–Kier alpha value is -1.17. The summed E-state index contributed by atoms with van der Waals surface area (Å²) in [7, 11) is 5.14. The van der Waals surface area contributed by atoms with E-state index >= 15 is 0 Å². The summed E-state index contributed by atoms with van der Waals surface area (Å²) in [6.45, 7) is 4.39. The van der Waals surface area contributed by atoms with E-state index in [1.165, 1.54) is 0 Å². The van der Waals surface area contributed by atoms with Crippen LogP contribution < -0.4 is 10.2 Å². The van der Waals surface area contributed by atoms with Crippen molar-refractivity contribution in [1.82, 2.24) is 5.32 Å². The van der Waals surface area contributed by atoms with Crippen LogP contribution in [0.15, 0.2) is 18.2 Å². The molecule has 1 aromatic carbocycles. The van der Waals surface area contributed by atoms with Gasteiger partial charge in [-0.3, -0.25) is 0 Å². The lowest BCUT2D eigenvalue weighted by Crippen LogP contribution is -2.39. The van der Waals surface area contributed by atoms with Crippen LogP contribution >= 0.6 is 0 Å². The highest BCUT2D eigenvalue weighted by Gasteiger charge is 2.18. The Kier molecular flexibility index (Phi) is 7.51. The summed E-state index contributed by atoms with van der Waals surface area (Å²) in [5, 5.41) is 3.02. The molecule has 0 saturated heterocycles. The summed E-state index contributed by atoms with van der Waals surface area (Å²) in [5.74, 6) is -0.211. The van der Waals surface area contributed by atoms with E-state index in [1.807, 2.05) is 31.0 Å². The Morgan fingerprint density at radius 1 is 1.30 bits per heavy atom. The molecule has 5 heteroatoms. The predicted molar refractivity (Wildman–Crippen MR) is 79.7 cm³/mol. The van der Waals surface area contributed by atoms with Crippen molar-refractivity contribution in [3.8, 4) is 0 Å². The quantitative estimate of drug-likeness (QED) is 0.752. The van der Waals surface area contributed by atoms with Gasteiger partial charge in [-0.05, 0) is 31.7 Å². The number of hydrogen-bond acceptors (Lipinski definition) is 4. The van der Waals surface area contributed by atoms with E-state index in [0.717, 1.165) is 5.56 Å². The zero-order chi connectivity index (χ0) is 15.0. The fourth-order valence-electron chi connectivity index (χ4n) is 2.20. The first-order valence-electron chi connectivity index (χ1n) is 6.81. The Labute approximate surface area is 120 Å². The van der Waals surface area contributed by atoms with E-state index in [9.17, 15) is 4.39 Å². The van der Waals surface area contributed by atoms with Gasteiger partial charge in [0.05, 0.1) is 18.9 Å². The van der Waals surface area contributed by atoms with Crippen molar-refractivity contribution in [3.05, 3.63) is 29.6 Å². The van der Waals surface area contributed by atoms with Crippen LogP contribution in [0.25, 0.3) is 0 Å². The van der Waals surface area contributed by atoms with Crippen LogP contribution in [-0.4, -0.2) is 47.1 Å². The zero-order valence-corrected chi connectivity index (χ0v) is 12.8. The third-order valence-electron chi connectivity index (χ3n) is 3.18. The van der Waals surface area contributed by atoms with Crippen molar-refractivity contribution in [2.24, 2.45) is 0 Å². The number of hydrogen-bond donors (Lipinski definition) is 1. The van der Waals surface area contributed by atoms with Gasteiger partial charge >= 0.3 is 0 Å². The molecule has 0 aliphatic heterocycles. The second kappa shape index (κ2) is 8.89. The smallest absolute Gasteiger partial charge is 0.146 e. The predicted octanol–water partition coefficient (Wildman–Crippen LogP) is 2.03. The monoisotopic (exact) mass is 284 g/mol. The highest BCUT2D eigenvalue weighted by Crippen LogP contribution is 2.22. The van der Waals surface area contributed by atoms with Gasteiger partial charge in [0, 0.05) is 33.4 Å². The molecule has 1 aromatic rings. The SMILES string of the molecule is CNCc1ccc(N(CCOC)C(C)COC)c(F)c1. The van der Waals surface area contributed by atoms with E-state index in [-0.39, 0.29) is 11.9 Å². The molecular weight excluding hydrogens is 259 g/mol. The Bertz CT molecular complexity index is 401. The lowest BCUT2D eigenvalue weighted by atomic mass is 10.1. The molecule has 1 N–H and O–H groups in total. The molecule has 0 amide bonds. The van der Waals surface area contributed by atoms with E-state index < -0.39 is 0 Å². The highest BCUT2D eigenvalue weighted by atomic mass is 19.1. The number of ether oxygens (including phenoxy) is 2. The lowest BCUT2D eigenvalue weighted by molar-refractivity contribution is 0.170. The fraction of sp³-hybridized carbons (Fsp3) is 0.600. The van der Waals surface area contributed by atoms with Crippen LogP contribution in [0.1, 0.15) is 12.5 Å². The maximum Gasteiger partial charge on any atom is 0.146 e. The van der Waals surface area contributed by atoms with Crippen LogP contribution in [0.4, 0.5) is 10.1 Å². The van der Waals surface area contributed by atoms with E-state index in [1.54, 1.807) is 20.3 Å². The molecule has 114 valence electrons. The third kappa shape index (κ3) is 4.74. The van der Waals surface area contributed by atoms with E-state index in [4.69, 9.17) is 9.47 Å². The van der Waals surface area contributed by atoms with E-state index in [2.05, 4.69) is 5.32 Å². The first-order valence-corrected chi connectivity index (χ1v) is 6.81. The Balaban J connectivity index is 2.94. The average molecular weight is 284 g/mol. The van der Waals surface area contributed by atoms with E-state index in [0.29, 0.717) is 32.0 Å². The molecule has 1 atom stereocenters. The molecular formula is C15H25FN2O2. The standard InChI is InChI=1S/C15H25FN2O2/c1-12(11-20-4)18(7-8-19-3)15-6-5-13(10-17-2)9-14(15)16/h5-6,9,12,17H,7-8,10-11H2,1-4H3. The molecule has 0 saturated carbocycles. The van der Waals surface area contributed by atoms with Gasteiger partial charge < -0.3 is 19.7 Å². The molecule has 4 nitrogen and oxygen atoms in total. The first kappa shape index (κ1) is 16.9. The third-order valence-corrected chi connectivity index (χ3v) is 3.18. The normalized spacial score (nSPS) is 12.4. The minimum atomic E-state index is -0.211. The number of methoxy groups -OCH3 is 2. The molecule has 0 aliphatic carbocycles. The largest absolute Gasteiger partial charge is 0.383 e. The Morgan fingerprint density at radius 3 is 2.60 bits per heavy atom. The van der Waals surface area contributed by atoms with Gasteiger partial charge in [-0.15, -0.1) is 0 Å². The molecule has 20 heavy (non-hydrogen) atoms. The maximum absolute atomic E-state index is 14.3. The van der Waals surface area contributed by atoms with Crippen molar-refractivity contribution in [2.75, 3.05) is 45.9 Å². The number of nitrogens with one attached hydrogen (secondary N) is 1. The maximum atomic E-state index is 14.3. The van der Waals surface area contributed by atoms with Crippen LogP contribution in [0, 0.1) is 5.82 Å². The molecule has 0 spiro atoms. The fourth-order valence-corrected chi connectivity index (χ4v) is 2.20. The molecule has 1 unspecified atom stereocenters. The van der Waals surface area contributed by atoms with Crippen molar-refractivity contribution in [1.29, 1.82) is 0 Å². The van der Waals surface area contributed by atoms with Crippen molar-refractivity contribution < 1.29 is 13.9 Å². The second-order valence-corrected chi connectivity index (χ2v) is 4.81. The van der Waals surface area contributed by atoms with Crippen LogP contribution in [0.5, 0.6) is 0 Å². The van der Waals surface area contributed by atoms with Gasteiger partial charge in [0.1, 0.15) is 5.82 Å². The Morgan fingerprint density at radius 2 is 2.05 bits per heavy atom. The minimum absolute atomic E-state index is 0.0831. The zero-order valence-electron chi connectivity index (χ0n) is 12.8.